The molecule has 0 heterocycles. The zero-order valence-corrected chi connectivity index (χ0v) is 9.20. The van der Waals surface area contributed by atoms with Gasteiger partial charge in [0.25, 0.3) is 0 Å². The number of hydrogen-bond donors (Lipinski definition) is 2. The summed E-state index contributed by atoms with van der Waals surface area (Å²) in [5.41, 5.74) is -0.376. The van der Waals surface area contributed by atoms with Crippen LogP contribution in [0.2, 0.25) is 0 Å². The molecular weight excluding hydrogens is 229 g/mol. The van der Waals surface area contributed by atoms with E-state index in [2.05, 4.69) is 0 Å². The van der Waals surface area contributed by atoms with E-state index < -0.39 is 24.5 Å². The van der Waals surface area contributed by atoms with Gasteiger partial charge < -0.3 is 14.8 Å². The van der Waals surface area contributed by atoms with Gasteiger partial charge in [0.05, 0.1) is 6.10 Å². The second-order valence-electron chi connectivity index (χ2n) is 4.18. The van der Waals surface area contributed by atoms with Gasteiger partial charge in [-0.2, -0.15) is 0 Å². The average Bonchev–Trinajstić information content (AvgIpc) is 2.76. The molecule has 0 aromatic heterocycles. The van der Waals surface area contributed by atoms with Crippen molar-refractivity contribution in [3.63, 3.8) is 0 Å². The molecule has 0 radical (unpaired) electrons. The molecule has 92 valence electrons. The summed E-state index contributed by atoms with van der Waals surface area (Å²) in [6.45, 7) is 0. The Kier molecular flexibility index (Phi) is 3.64. The van der Waals surface area contributed by atoms with Gasteiger partial charge in [-0.3, -0.25) is 0 Å². The number of hydrogen-bond acceptors (Lipinski definition) is 3. The molecule has 1 aromatic carbocycles. The maximum absolute atomic E-state index is 13.8. The Labute approximate surface area is 98.2 Å². The summed E-state index contributed by atoms with van der Waals surface area (Å²) in [7, 11) is -1.97. The van der Waals surface area contributed by atoms with Crippen LogP contribution in [0.15, 0.2) is 12.1 Å². The standard InChI is InChI=1S/C11H13BF2O3/c13-9-6-5-8(12(15)16)10(14)11(9)17-7-3-1-2-4-7/h5-7,15-16H,1-4H2. The van der Waals surface area contributed by atoms with E-state index in [0.29, 0.717) is 0 Å². The van der Waals surface area contributed by atoms with E-state index in [4.69, 9.17) is 14.8 Å². The van der Waals surface area contributed by atoms with Gasteiger partial charge in [-0.1, -0.05) is 6.07 Å². The molecule has 0 amide bonds. The van der Waals surface area contributed by atoms with Crippen LogP contribution in [0.25, 0.3) is 0 Å². The lowest BCUT2D eigenvalue weighted by Crippen LogP contribution is -2.33. The zero-order chi connectivity index (χ0) is 12.4. The van der Waals surface area contributed by atoms with Crippen LogP contribution in [0.1, 0.15) is 25.7 Å². The van der Waals surface area contributed by atoms with Crippen LogP contribution in [0, 0.1) is 11.6 Å². The lowest BCUT2D eigenvalue weighted by atomic mass is 9.80. The molecule has 6 heteroatoms. The quantitative estimate of drug-likeness (QED) is 0.776. The van der Waals surface area contributed by atoms with Crippen LogP contribution in [-0.2, 0) is 0 Å². The third-order valence-corrected chi connectivity index (χ3v) is 2.94. The van der Waals surface area contributed by atoms with Crippen molar-refractivity contribution in [3.05, 3.63) is 23.8 Å². The van der Waals surface area contributed by atoms with Gasteiger partial charge in [-0.15, -0.1) is 0 Å². The molecule has 1 aliphatic carbocycles. The highest BCUT2D eigenvalue weighted by molar-refractivity contribution is 6.58. The molecule has 2 N–H and O–H groups in total. The van der Waals surface area contributed by atoms with Crippen LogP contribution in [0.4, 0.5) is 8.78 Å². The molecule has 3 nitrogen and oxygen atoms in total. The van der Waals surface area contributed by atoms with Gasteiger partial charge in [0, 0.05) is 5.46 Å². The summed E-state index contributed by atoms with van der Waals surface area (Å²) in [5.74, 6) is -2.37. The highest BCUT2D eigenvalue weighted by atomic mass is 19.1. The lowest BCUT2D eigenvalue weighted by Gasteiger charge is -2.15. The molecule has 0 spiro atoms. The molecule has 1 aliphatic rings. The first-order chi connectivity index (χ1) is 8.09. The van der Waals surface area contributed by atoms with Crippen LogP contribution in [0.5, 0.6) is 5.75 Å². The first-order valence-electron chi connectivity index (χ1n) is 5.60. The molecule has 2 rings (SSSR count). The lowest BCUT2D eigenvalue weighted by molar-refractivity contribution is 0.191. The Morgan fingerprint density at radius 3 is 2.41 bits per heavy atom. The second-order valence-corrected chi connectivity index (χ2v) is 4.18. The predicted octanol–water partition coefficient (Wildman–Crippen LogP) is 0.966. The highest BCUT2D eigenvalue weighted by Gasteiger charge is 2.25. The average molecular weight is 242 g/mol. The van der Waals surface area contributed by atoms with Crippen molar-refractivity contribution in [1.29, 1.82) is 0 Å². The van der Waals surface area contributed by atoms with E-state index in [1.807, 2.05) is 0 Å². The summed E-state index contributed by atoms with van der Waals surface area (Å²) in [4.78, 5) is 0. The molecular formula is C11H13BF2O3. The second kappa shape index (κ2) is 5.02. The summed E-state index contributed by atoms with van der Waals surface area (Å²) in [6, 6.07) is 1.97. The Hall–Kier alpha value is -1.14. The molecule has 17 heavy (non-hydrogen) atoms. The fourth-order valence-corrected chi connectivity index (χ4v) is 2.03. The van der Waals surface area contributed by atoms with E-state index in [0.717, 1.165) is 37.8 Å². The van der Waals surface area contributed by atoms with Gasteiger partial charge in [-0.05, 0) is 31.7 Å². The van der Waals surface area contributed by atoms with Gasteiger partial charge in [0.15, 0.2) is 17.4 Å². The molecule has 1 fully saturated rings. The van der Waals surface area contributed by atoms with Crippen LogP contribution < -0.4 is 10.2 Å². The number of rotatable bonds is 3. The number of benzene rings is 1. The third-order valence-electron chi connectivity index (χ3n) is 2.94. The minimum Gasteiger partial charge on any atom is -0.484 e. The summed E-state index contributed by atoms with van der Waals surface area (Å²) in [5, 5.41) is 17.8. The van der Waals surface area contributed by atoms with E-state index >= 15 is 0 Å². The van der Waals surface area contributed by atoms with E-state index in [1.165, 1.54) is 0 Å². The van der Waals surface area contributed by atoms with Crippen molar-refractivity contribution in [1.82, 2.24) is 0 Å². The Balaban J connectivity index is 2.27. The molecule has 0 bridgehead atoms. The Morgan fingerprint density at radius 2 is 1.82 bits per heavy atom. The van der Waals surface area contributed by atoms with Crippen molar-refractivity contribution < 1.29 is 23.6 Å². The van der Waals surface area contributed by atoms with Crippen LogP contribution in [0.3, 0.4) is 0 Å². The minimum atomic E-state index is -1.97. The van der Waals surface area contributed by atoms with Crippen molar-refractivity contribution >= 4 is 12.6 Å². The van der Waals surface area contributed by atoms with E-state index in [-0.39, 0.29) is 11.6 Å². The van der Waals surface area contributed by atoms with Crippen LogP contribution in [-0.4, -0.2) is 23.3 Å². The maximum atomic E-state index is 13.8. The molecule has 0 unspecified atom stereocenters. The van der Waals surface area contributed by atoms with Gasteiger partial charge in [0.1, 0.15) is 0 Å². The third kappa shape index (κ3) is 2.58. The fraction of sp³-hybridized carbons (Fsp3) is 0.455. The first-order valence-corrected chi connectivity index (χ1v) is 5.60. The van der Waals surface area contributed by atoms with Crippen molar-refractivity contribution in [2.45, 2.75) is 31.8 Å². The van der Waals surface area contributed by atoms with Crippen molar-refractivity contribution in [2.75, 3.05) is 0 Å². The normalized spacial score (nSPS) is 16.2. The Morgan fingerprint density at radius 1 is 1.18 bits per heavy atom. The highest BCUT2D eigenvalue weighted by Crippen LogP contribution is 2.27. The van der Waals surface area contributed by atoms with Gasteiger partial charge in [-0.25, -0.2) is 8.78 Å². The predicted molar refractivity (Wildman–Crippen MR) is 59.1 cm³/mol. The SMILES string of the molecule is OB(O)c1ccc(F)c(OC2CCCC2)c1F. The van der Waals surface area contributed by atoms with Gasteiger partial charge >= 0.3 is 7.12 Å². The topological polar surface area (TPSA) is 49.7 Å². The fourth-order valence-electron chi connectivity index (χ4n) is 2.03. The summed E-state index contributed by atoms with van der Waals surface area (Å²) >= 11 is 0. The smallest absolute Gasteiger partial charge is 0.484 e. The van der Waals surface area contributed by atoms with E-state index in [1.54, 1.807) is 0 Å². The summed E-state index contributed by atoms with van der Waals surface area (Å²) < 4.78 is 32.4. The summed E-state index contributed by atoms with van der Waals surface area (Å²) in [6.07, 6.45) is 3.31. The molecule has 0 saturated heterocycles. The zero-order valence-electron chi connectivity index (χ0n) is 9.20. The molecule has 0 atom stereocenters. The number of halogens is 2. The van der Waals surface area contributed by atoms with Crippen molar-refractivity contribution in [3.8, 4) is 5.75 Å². The number of ether oxygens (including phenoxy) is 1. The Bertz CT molecular complexity index is 406. The van der Waals surface area contributed by atoms with Crippen molar-refractivity contribution in [2.24, 2.45) is 0 Å². The van der Waals surface area contributed by atoms with Crippen LogP contribution >= 0.6 is 0 Å². The first kappa shape index (κ1) is 12.3. The largest absolute Gasteiger partial charge is 0.491 e. The maximum Gasteiger partial charge on any atom is 0.491 e. The molecule has 0 aliphatic heterocycles. The molecule has 1 saturated carbocycles. The van der Waals surface area contributed by atoms with Gasteiger partial charge in [0.2, 0.25) is 0 Å². The van der Waals surface area contributed by atoms with E-state index in [9.17, 15) is 8.78 Å². The molecule has 1 aromatic rings. The monoisotopic (exact) mass is 242 g/mol. The minimum absolute atomic E-state index is 0.190.